The number of halogens is 1. The number of amides is 1. The summed E-state index contributed by atoms with van der Waals surface area (Å²) in [5.74, 6) is 0.738. The van der Waals surface area contributed by atoms with Crippen molar-refractivity contribution in [2.24, 2.45) is 4.99 Å². The summed E-state index contributed by atoms with van der Waals surface area (Å²) >= 11 is 0. The average Bonchev–Trinajstić information content (AvgIpc) is 2.95. The number of aliphatic imine (C=N–C) groups is 1. The molecule has 37 heavy (non-hydrogen) atoms. The van der Waals surface area contributed by atoms with Crippen LogP contribution in [0.5, 0.6) is 17.2 Å². The highest BCUT2D eigenvalue weighted by molar-refractivity contribution is 6.05. The number of hydrogen-bond acceptors (Lipinski definition) is 7. The molecule has 0 radical (unpaired) electrons. The summed E-state index contributed by atoms with van der Waals surface area (Å²) < 4.78 is 37.0. The summed E-state index contributed by atoms with van der Waals surface area (Å²) in [4.78, 5) is 19.5. The van der Waals surface area contributed by atoms with Crippen molar-refractivity contribution in [1.29, 1.82) is 0 Å². The van der Waals surface area contributed by atoms with Gasteiger partial charge in [-0.2, -0.15) is 0 Å². The molecule has 2 aromatic carbocycles. The van der Waals surface area contributed by atoms with E-state index in [2.05, 4.69) is 11.4 Å². The zero-order valence-corrected chi connectivity index (χ0v) is 21.2. The Bertz CT molecular complexity index is 1270. The van der Waals surface area contributed by atoms with Crippen molar-refractivity contribution >= 4 is 17.2 Å². The van der Waals surface area contributed by atoms with Crippen molar-refractivity contribution in [3.63, 3.8) is 0 Å². The third kappa shape index (κ3) is 4.84. The van der Waals surface area contributed by atoms with Gasteiger partial charge >= 0.3 is 0 Å². The number of carbonyl (C=O) groups is 1. The third-order valence-electron chi connectivity index (χ3n) is 6.84. The second-order valence-electron chi connectivity index (χ2n) is 8.94. The molecule has 0 bridgehead atoms. The Hall–Kier alpha value is -3.69. The Morgan fingerprint density at radius 3 is 2.43 bits per heavy atom. The highest BCUT2D eigenvalue weighted by Gasteiger charge is 2.28. The van der Waals surface area contributed by atoms with E-state index in [0.29, 0.717) is 55.7 Å². The van der Waals surface area contributed by atoms with E-state index in [1.807, 2.05) is 18.2 Å². The van der Waals surface area contributed by atoms with Gasteiger partial charge in [0.05, 0.1) is 57.6 Å². The Labute approximate surface area is 215 Å². The number of carbonyl (C=O) groups excluding carboxylic acids is 1. The van der Waals surface area contributed by atoms with Gasteiger partial charge < -0.3 is 29.2 Å². The molecule has 0 saturated carbocycles. The van der Waals surface area contributed by atoms with Crippen LogP contribution in [-0.2, 0) is 4.74 Å². The molecule has 1 saturated heterocycles. The molecule has 2 aliphatic heterocycles. The molecule has 1 fully saturated rings. The average molecular weight is 508 g/mol. The summed E-state index contributed by atoms with van der Waals surface area (Å²) in [5, 5.41) is 3.54. The Morgan fingerprint density at radius 2 is 1.78 bits per heavy atom. The van der Waals surface area contributed by atoms with Gasteiger partial charge in [0, 0.05) is 30.8 Å². The van der Waals surface area contributed by atoms with Gasteiger partial charge in [0.2, 0.25) is 5.75 Å². The summed E-state index contributed by atoms with van der Waals surface area (Å²) in [6, 6.07) is 8.51. The van der Waals surface area contributed by atoms with Gasteiger partial charge in [-0.1, -0.05) is 18.2 Å². The molecule has 5 rings (SSSR count). The number of ether oxygens (including phenoxy) is 4. The minimum atomic E-state index is -0.546. The minimum Gasteiger partial charge on any atom is -0.493 e. The number of benzene rings is 2. The van der Waals surface area contributed by atoms with Crippen molar-refractivity contribution in [2.45, 2.75) is 12.5 Å². The molecule has 1 atom stereocenters. The lowest BCUT2D eigenvalue weighted by Gasteiger charge is -2.29. The molecule has 1 unspecified atom stereocenters. The van der Waals surface area contributed by atoms with Crippen LogP contribution >= 0.6 is 0 Å². The first kappa shape index (κ1) is 25.0. The summed E-state index contributed by atoms with van der Waals surface area (Å²) in [5.41, 5.74) is 4.01. The highest BCUT2D eigenvalue weighted by Crippen LogP contribution is 2.39. The van der Waals surface area contributed by atoms with Crippen LogP contribution < -0.4 is 19.5 Å². The largest absolute Gasteiger partial charge is 0.493 e. The standard InChI is InChI=1S/C28H30FN3O5/c1-34-24-14-18(15-25(35-2)27(24)36-3)23-16-30-22-6-4-5-19(26(22)31-23)17-7-8-20(21(29)13-17)28(33)32-9-11-37-12-10-32/h4-5,7-8,13-15,22,30H,6,9-12,16H2,1-3H3. The molecule has 194 valence electrons. The van der Waals surface area contributed by atoms with Crippen molar-refractivity contribution < 1.29 is 28.1 Å². The lowest BCUT2D eigenvalue weighted by Crippen LogP contribution is -2.41. The van der Waals surface area contributed by atoms with E-state index in [-0.39, 0.29) is 17.5 Å². The Kier molecular flexibility index (Phi) is 7.25. The fraction of sp³-hybridized carbons (Fsp3) is 0.357. The number of nitrogens with zero attached hydrogens (tertiary/aromatic N) is 2. The molecule has 8 nitrogen and oxygen atoms in total. The van der Waals surface area contributed by atoms with Gasteiger partial charge in [-0.15, -0.1) is 0 Å². The highest BCUT2D eigenvalue weighted by atomic mass is 19.1. The van der Waals surface area contributed by atoms with Gasteiger partial charge in [0.15, 0.2) is 11.5 Å². The van der Waals surface area contributed by atoms with Crippen LogP contribution in [0.4, 0.5) is 4.39 Å². The topological polar surface area (TPSA) is 81.6 Å². The quantitative estimate of drug-likeness (QED) is 0.645. The second-order valence-corrected chi connectivity index (χ2v) is 8.94. The molecular formula is C28H30FN3O5. The number of fused-ring (bicyclic) bond motifs is 1. The predicted octanol–water partition coefficient (Wildman–Crippen LogP) is 3.46. The fourth-order valence-electron chi connectivity index (χ4n) is 4.88. The van der Waals surface area contributed by atoms with Crippen LogP contribution in [-0.4, -0.2) is 76.7 Å². The van der Waals surface area contributed by atoms with E-state index in [1.165, 1.54) is 6.07 Å². The third-order valence-corrected chi connectivity index (χ3v) is 6.84. The van der Waals surface area contributed by atoms with Crippen LogP contribution in [0.3, 0.4) is 0 Å². The number of methoxy groups -OCH3 is 3. The van der Waals surface area contributed by atoms with Crippen LogP contribution in [0.25, 0.3) is 5.57 Å². The number of rotatable bonds is 6. The lowest BCUT2D eigenvalue weighted by molar-refractivity contribution is 0.0300. The molecular weight excluding hydrogens is 477 g/mol. The zero-order chi connectivity index (χ0) is 25.9. The summed E-state index contributed by atoms with van der Waals surface area (Å²) in [6.45, 7) is 2.41. The maximum absolute atomic E-state index is 15.2. The van der Waals surface area contributed by atoms with E-state index >= 15 is 4.39 Å². The molecule has 0 aromatic heterocycles. The van der Waals surface area contributed by atoms with Crippen molar-refractivity contribution in [3.05, 3.63) is 70.7 Å². The van der Waals surface area contributed by atoms with Crippen molar-refractivity contribution in [3.8, 4) is 17.2 Å². The maximum Gasteiger partial charge on any atom is 0.256 e. The summed E-state index contributed by atoms with van der Waals surface area (Å²) in [7, 11) is 4.72. The first-order valence-electron chi connectivity index (χ1n) is 12.2. The maximum atomic E-state index is 15.2. The van der Waals surface area contributed by atoms with Crippen molar-refractivity contribution in [2.75, 3.05) is 54.2 Å². The predicted molar refractivity (Wildman–Crippen MR) is 138 cm³/mol. The van der Waals surface area contributed by atoms with Crippen LogP contribution in [0, 0.1) is 5.82 Å². The SMILES string of the molecule is COc1cc(C2=NC3=C(c4ccc(C(=O)N5CCOCC5)c(F)c4)C=CCC3NC2)cc(OC)c1OC. The number of morpholine rings is 1. The van der Waals surface area contributed by atoms with Crippen LogP contribution in [0.15, 0.2) is 53.2 Å². The fourth-order valence-corrected chi connectivity index (χ4v) is 4.88. The first-order chi connectivity index (χ1) is 18.0. The van der Waals surface area contributed by atoms with Gasteiger partial charge in [0.25, 0.3) is 5.91 Å². The molecule has 0 spiro atoms. The normalized spacial score (nSPS) is 19.3. The lowest BCUT2D eigenvalue weighted by atomic mass is 9.91. The monoisotopic (exact) mass is 507 g/mol. The first-order valence-corrected chi connectivity index (χ1v) is 12.2. The van der Waals surface area contributed by atoms with Gasteiger partial charge in [-0.3, -0.25) is 9.79 Å². The van der Waals surface area contributed by atoms with Gasteiger partial charge in [-0.25, -0.2) is 4.39 Å². The minimum absolute atomic E-state index is 0.00325. The van der Waals surface area contributed by atoms with E-state index < -0.39 is 5.82 Å². The Balaban J connectivity index is 1.52. The number of allylic oxidation sites excluding steroid dienone is 2. The molecule has 2 aromatic rings. The smallest absolute Gasteiger partial charge is 0.256 e. The second kappa shape index (κ2) is 10.7. The van der Waals surface area contributed by atoms with Crippen LogP contribution in [0.2, 0.25) is 0 Å². The van der Waals surface area contributed by atoms with E-state index in [0.717, 1.165) is 29.0 Å². The van der Waals surface area contributed by atoms with Gasteiger partial charge in [-0.05, 0) is 36.2 Å². The molecule has 9 heteroatoms. The van der Waals surface area contributed by atoms with Crippen molar-refractivity contribution in [1.82, 2.24) is 10.2 Å². The molecule has 1 aliphatic carbocycles. The number of nitrogens with one attached hydrogen (secondary N) is 1. The van der Waals surface area contributed by atoms with E-state index in [1.54, 1.807) is 38.4 Å². The molecule has 2 heterocycles. The van der Waals surface area contributed by atoms with E-state index in [4.69, 9.17) is 23.9 Å². The van der Waals surface area contributed by atoms with Gasteiger partial charge in [0.1, 0.15) is 5.82 Å². The van der Waals surface area contributed by atoms with E-state index in [9.17, 15) is 4.79 Å². The van der Waals surface area contributed by atoms with Crippen LogP contribution in [0.1, 0.15) is 27.9 Å². The Morgan fingerprint density at radius 1 is 1.05 bits per heavy atom. The molecule has 1 amide bonds. The molecule has 3 aliphatic rings. The number of hydrogen-bond donors (Lipinski definition) is 1. The molecule has 1 N–H and O–H groups in total. The zero-order valence-electron chi connectivity index (χ0n) is 21.2. The summed E-state index contributed by atoms with van der Waals surface area (Å²) in [6.07, 6.45) is 4.80.